The Kier molecular flexibility index (Phi) is 4.80. The van der Waals surface area contributed by atoms with Gasteiger partial charge in [0.05, 0.1) is 0 Å². The van der Waals surface area contributed by atoms with Gasteiger partial charge in [-0.2, -0.15) is 10.2 Å². The average Bonchev–Trinajstić information content (AvgIpc) is 3.18. The zero-order valence-corrected chi connectivity index (χ0v) is 13.7. The molecule has 6 heteroatoms. The third-order valence-corrected chi connectivity index (χ3v) is 4.09. The van der Waals surface area contributed by atoms with Crippen molar-refractivity contribution < 1.29 is 9.21 Å². The molecule has 0 radical (unpaired) electrons. The molecular formula is C18H20N4O2. The van der Waals surface area contributed by atoms with Crippen molar-refractivity contribution in [3.63, 3.8) is 0 Å². The molecule has 1 aromatic heterocycles. The van der Waals surface area contributed by atoms with E-state index in [9.17, 15) is 10.1 Å². The maximum Gasteiger partial charge on any atom is 0.232 e. The van der Waals surface area contributed by atoms with Crippen LogP contribution < -0.4 is 5.32 Å². The lowest BCUT2D eigenvalue weighted by molar-refractivity contribution is -0.127. The second-order valence-electron chi connectivity index (χ2n) is 5.94. The van der Waals surface area contributed by atoms with E-state index in [0.29, 0.717) is 24.7 Å². The van der Waals surface area contributed by atoms with Gasteiger partial charge in [-0.3, -0.25) is 4.79 Å². The van der Waals surface area contributed by atoms with Gasteiger partial charge in [0, 0.05) is 31.6 Å². The number of nitrogens with zero attached hydrogens (tertiary/aromatic N) is 3. The van der Waals surface area contributed by atoms with Crippen LogP contribution in [0.5, 0.6) is 0 Å². The van der Waals surface area contributed by atoms with Crippen LogP contribution in [0.15, 0.2) is 28.7 Å². The van der Waals surface area contributed by atoms with Gasteiger partial charge < -0.3 is 14.6 Å². The molecule has 0 unspecified atom stereocenters. The molecule has 124 valence electrons. The highest BCUT2D eigenvalue weighted by molar-refractivity contribution is 5.78. The average molecular weight is 324 g/mol. The van der Waals surface area contributed by atoms with Crippen LogP contribution in [0.4, 0.5) is 5.88 Å². The normalized spacial score (nSPS) is 14.0. The maximum absolute atomic E-state index is 11.6. The molecule has 24 heavy (non-hydrogen) atoms. The highest BCUT2D eigenvalue weighted by Crippen LogP contribution is 2.25. The fourth-order valence-electron chi connectivity index (χ4n) is 2.75. The standard InChI is InChI=1S/C18H20N4O2/c1-13-5-7-14(8-6-13)17-21-15(12-19)18(24-17)20-9-3-11-22-10-2-4-16(22)23/h5-8,20H,2-4,9-11H2,1H3. The first-order valence-electron chi connectivity index (χ1n) is 8.17. The summed E-state index contributed by atoms with van der Waals surface area (Å²) in [5.74, 6) is 1.05. The van der Waals surface area contributed by atoms with Crippen molar-refractivity contribution in [1.29, 1.82) is 5.26 Å². The van der Waals surface area contributed by atoms with Crippen molar-refractivity contribution in [2.45, 2.75) is 26.2 Å². The summed E-state index contributed by atoms with van der Waals surface area (Å²) < 4.78 is 5.70. The third kappa shape index (κ3) is 3.57. The van der Waals surface area contributed by atoms with Gasteiger partial charge in [0.1, 0.15) is 6.07 Å². The number of aryl methyl sites for hydroxylation is 1. The highest BCUT2D eigenvalue weighted by Gasteiger charge is 2.19. The number of aromatic nitrogens is 1. The van der Waals surface area contributed by atoms with Crippen LogP contribution in [0.1, 0.15) is 30.5 Å². The number of benzene rings is 1. The minimum Gasteiger partial charge on any atom is -0.419 e. The molecule has 1 N–H and O–H groups in total. The molecule has 3 rings (SSSR count). The first-order valence-corrected chi connectivity index (χ1v) is 8.17. The molecule has 1 amide bonds. The van der Waals surface area contributed by atoms with Gasteiger partial charge in [-0.15, -0.1) is 0 Å². The molecule has 1 aliphatic rings. The van der Waals surface area contributed by atoms with E-state index in [1.54, 1.807) is 0 Å². The number of nitrogens with one attached hydrogen (secondary N) is 1. The number of amides is 1. The van der Waals surface area contributed by atoms with Crippen LogP contribution >= 0.6 is 0 Å². The van der Waals surface area contributed by atoms with E-state index in [1.165, 1.54) is 0 Å². The first kappa shape index (κ1) is 16.1. The van der Waals surface area contributed by atoms with E-state index < -0.39 is 0 Å². The number of hydrogen-bond donors (Lipinski definition) is 1. The second kappa shape index (κ2) is 7.18. The van der Waals surface area contributed by atoms with E-state index in [2.05, 4.69) is 16.4 Å². The molecule has 0 saturated carbocycles. The molecule has 2 aromatic rings. The van der Waals surface area contributed by atoms with Crippen molar-refractivity contribution in [1.82, 2.24) is 9.88 Å². The van der Waals surface area contributed by atoms with Gasteiger partial charge in [-0.05, 0) is 31.9 Å². The summed E-state index contributed by atoms with van der Waals surface area (Å²) in [6.07, 6.45) is 2.41. The Labute approximate surface area is 141 Å². The summed E-state index contributed by atoms with van der Waals surface area (Å²) in [6, 6.07) is 9.85. The number of oxazole rings is 1. The summed E-state index contributed by atoms with van der Waals surface area (Å²) in [5, 5.41) is 12.3. The highest BCUT2D eigenvalue weighted by atomic mass is 16.4. The SMILES string of the molecule is Cc1ccc(-c2nc(C#N)c(NCCCN3CCCC3=O)o2)cc1. The zero-order valence-electron chi connectivity index (χ0n) is 13.7. The van der Waals surface area contributed by atoms with E-state index in [-0.39, 0.29) is 11.6 Å². The summed E-state index contributed by atoms with van der Waals surface area (Å²) in [6.45, 7) is 4.22. The fraction of sp³-hybridized carbons (Fsp3) is 0.389. The minimum atomic E-state index is 0.231. The molecule has 0 bridgehead atoms. The Bertz CT molecular complexity index is 758. The number of anilines is 1. The Morgan fingerprint density at radius 3 is 2.83 bits per heavy atom. The molecule has 6 nitrogen and oxygen atoms in total. The van der Waals surface area contributed by atoms with Crippen LogP contribution in [0.3, 0.4) is 0 Å². The predicted molar refractivity (Wildman–Crippen MR) is 90.3 cm³/mol. The third-order valence-electron chi connectivity index (χ3n) is 4.09. The summed E-state index contributed by atoms with van der Waals surface area (Å²) in [7, 11) is 0. The van der Waals surface area contributed by atoms with Crippen molar-refractivity contribution in [3.05, 3.63) is 35.5 Å². The largest absolute Gasteiger partial charge is 0.419 e. The fourth-order valence-corrected chi connectivity index (χ4v) is 2.75. The first-order chi connectivity index (χ1) is 11.7. The van der Waals surface area contributed by atoms with E-state index in [4.69, 9.17) is 4.42 Å². The lowest BCUT2D eigenvalue weighted by Crippen LogP contribution is -2.26. The van der Waals surface area contributed by atoms with Crippen LogP contribution in [0.25, 0.3) is 11.5 Å². The lowest BCUT2D eigenvalue weighted by atomic mass is 10.1. The van der Waals surface area contributed by atoms with Gasteiger partial charge in [0.25, 0.3) is 0 Å². The molecule has 0 aliphatic carbocycles. The molecule has 1 saturated heterocycles. The number of likely N-dealkylation sites (tertiary alicyclic amines) is 1. The van der Waals surface area contributed by atoms with Crippen molar-refractivity contribution in [3.8, 4) is 17.5 Å². The minimum absolute atomic E-state index is 0.231. The number of hydrogen-bond acceptors (Lipinski definition) is 5. The van der Waals surface area contributed by atoms with E-state index in [0.717, 1.165) is 37.1 Å². The zero-order chi connectivity index (χ0) is 16.9. The summed E-state index contributed by atoms with van der Waals surface area (Å²) in [4.78, 5) is 17.7. The monoisotopic (exact) mass is 324 g/mol. The Hall–Kier alpha value is -2.81. The molecule has 2 heterocycles. The van der Waals surface area contributed by atoms with Crippen molar-refractivity contribution >= 4 is 11.8 Å². The van der Waals surface area contributed by atoms with Gasteiger partial charge in [0.15, 0.2) is 0 Å². The molecule has 1 fully saturated rings. The summed E-state index contributed by atoms with van der Waals surface area (Å²) >= 11 is 0. The molecular weight excluding hydrogens is 304 g/mol. The van der Waals surface area contributed by atoms with Gasteiger partial charge in [-0.1, -0.05) is 17.7 Å². The van der Waals surface area contributed by atoms with Crippen molar-refractivity contribution in [2.75, 3.05) is 25.0 Å². The Morgan fingerprint density at radius 1 is 1.38 bits per heavy atom. The molecule has 1 aromatic carbocycles. The van der Waals surface area contributed by atoms with E-state index >= 15 is 0 Å². The van der Waals surface area contributed by atoms with Crippen LogP contribution in [0.2, 0.25) is 0 Å². The molecule has 1 aliphatic heterocycles. The second-order valence-corrected chi connectivity index (χ2v) is 5.94. The molecule has 0 atom stereocenters. The predicted octanol–water partition coefficient (Wildman–Crippen LogP) is 2.95. The summed E-state index contributed by atoms with van der Waals surface area (Å²) in [5.41, 5.74) is 2.25. The molecule has 0 spiro atoms. The Balaban J connectivity index is 1.60. The number of rotatable bonds is 6. The number of carbonyl (C=O) groups is 1. The van der Waals surface area contributed by atoms with Gasteiger partial charge >= 0.3 is 0 Å². The maximum atomic E-state index is 11.6. The van der Waals surface area contributed by atoms with Crippen LogP contribution in [-0.4, -0.2) is 35.4 Å². The smallest absolute Gasteiger partial charge is 0.232 e. The topological polar surface area (TPSA) is 82.2 Å². The number of carbonyl (C=O) groups excluding carboxylic acids is 1. The van der Waals surface area contributed by atoms with Crippen LogP contribution in [0, 0.1) is 18.3 Å². The van der Waals surface area contributed by atoms with E-state index in [1.807, 2.05) is 36.1 Å². The van der Waals surface area contributed by atoms with Gasteiger partial charge in [-0.25, -0.2) is 0 Å². The lowest BCUT2D eigenvalue weighted by Gasteiger charge is -2.14. The van der Waals surface area contributed by atoms with Gasteiger partial charge in [0.2, 0.25) is 23.4 Å². The quantitative estimate of drug-likeness (QED) is 0.826. The number of nitriles is 1. The van der Waals surface area contributed by atoms with Crippen molar-refractivity contribution in [2.24, 2.45) is 0 Å². The van der Waals surface area contributed by atoms with Crippen LogP contribution in [-0.2, 0) is 4.79 Å². The Morgan fingerprint density at radius 2 is 2.17 bits per heavy atom.